The number of hydrogen-bond donors (Lipinski definition) is 1. The molecular weight excluding hydrogens is 336 g/mol. The fourth-order valence-corrected chi connectivity index (χ4v) is 3.63. The van der Waals surface area contributed by atoms with Gasteiger partial charge in [-0.15, -0.1) is 0 Å². The zero-order valence-corrected chi connectivity index (χ0v) is 15.7. The van der Waals surface area contributed by atoms with Gasteiger partial charge < -0.3 is 24.3 Å². The Morgan fingerprint density at radius 1 is 1.42 bits per heavy atom. The normalized spacial score (nSPS) is 21.7. The Morgan fingerprint density at radius 3 is 2.81 bits per heavy atom. The van der Waals surface area contributed by atoms with Crippen LogP contribution in [-0.4, -0.2) is 65.7 Å². The molecule has 1 atom stereocenters. The Labute approximate surface area is 153 Å². The molecular formula is C18H28N4O4. The van der Waals surface area contributed by atoms with E-state index in [0.717, 1.165) is 5.82 Å². The number of rotatable bonds is 5. The van der Waals surface area contributed by atoms with Crippen LogP contribution in [0.25, 0.3) is 0 Å². The summed E-state index contributed by atoms with van der Waals surface area (Å²) in [6, 6.07) is 0. The van der Waals surface area contributed by atoms with Crippen molar-refractivity contribution < 1.29 is 19.1 Å². The lowest BCUT2D eigenvalue weighted by molar-refractivity contribution is -0.176. The largest absolute Gasteiger partial charge is 0.375 e. The van der Waals surface area contributed by atoms with Crippen molar-refractivity contribution in [3.05, 3.63) is 18.2 Å². The van der Waals surface area contributed by atoms with E-state index in [2.05, 4.69) is 24.1 Å². The third kappa shape index (κ3) is 3.76. The third-order valence-electron chi connectivity index (χ3n) is 5.02. The van der Waals surface area contributed by atoms with E-state index in [1.54, 1.807) is 11.1 Å². The molecule has 2 amide bonds. The summed E-state index contributed by atoms with van der Waals surface area (Å²) in [6.45, 7) is 6.43. The number of imidazole rings is 1. The molecule has 0 aliphatic carbocycles. The Hall–Kier alpha value is -1.93. The molecule has 1 fully saturated rings. The van der Waals surface area contributed by atoms with Crippen molar-refractivity contribution in [2.24, 2.45) is 5.92 Å². The average molecular weight is 364 g/mol. The zero-order valence-electron chi connectivity index (χ0n) is 15.7. The molecule has 1 saturated heterocycles. The molecule has 3 rings (SSSR count). The standard InChI is InChI=1S/C18H28N4O4/c1-13(2)10-20-16(24)14-11-22-9-6-19-17(22)18(26-14)4-7-21(8-5-18)15(23)12-25-3/h6,9,13-14H,4-5,7-8,10-12H2,1-3H3,(H,20,24)/t14-/m0/s1. The van der Waals surface area contributed by atoms with Crippen molar-refractivity contribution in [2.45, 2.75) is 44.9 Å². The molecule has 0 unspecified atom stereocenters. The summed E-state index contributed by atoms with van der Waals surface area (Å²) in [7, 11) is 1.52. The van der Waals surface area contributed by atoms with Crippen molar-refractivity contribution in [1.82, 2.24) is 19.8 Å². The van der Waals surface area contributed by atoms with Gasteiger partial charge in [0.05, 0.1) is 6.54 Å². The molecule has 0 bridgehead atoms. The number of nitrogens with zero attached hydrogens (tertiary/aromatic N) is 3. The predicted octanol–water partition coefficient (Wildman–Crippen LogP) is 0.518. The van der Waals surface area contributed by atoms with Crippen molar-refractivity contribution in [3.8, 4) is 0 Å². The highest BCUT2D eigenvalue weighted by Gasteiger charge is 2.47. The Morgan fingerprint density at radius 2 is 2.15 bits per heavy atom. The third-order valence-corrected chi connectivity index (χ3v) is 5.02. The van der Waals surface area contributed by atoms with Crippen molar-refractivity contribution in [2.75, 3.05) is 33.4 Å². The summed E-state index contributed by atoms with van der Waals surface area (Å²) in [5.74, 6) is 1.13. The molecule has 0 saturated carbocycles. The van der Waals surface area contributed by atoms with Crippen LogP contribution in [-0.2, 0) is 31.2 Å². The number of methoxy groups -OCH3 is 1. The van der Waals surface area contributed by atoms with Crippen LogP contribution in [0.15, 0.2) is 12.4 Å². The number of likely N-dealkylation sites (tertiary alicyclic amines) is 1. The second-order valence-corrected chi connectivity index (χ2v) is 7.46. The van der Waals surface area contributed by atoms with Gasteiger partial charge in [-0.2, -0.15) is 0 Å². The molecule has 1 N–H and O–H groups in total. The number of aromatic nitrogens is 2. The molecule has 1 aromatic heterocycles. The first-order valence-electron chi connectivity index (χ1n) is 9.19. The number of carbonyl (C=O) groups is 2. The fraction of sp³-hybridized carbons (Fsp3) is 0.722. The van der Waals surface area contributed by atoms with E-state index in [4.69, 9.17) is 9.47 Å². The predicted molar refractivity (Wildman–Crippen MR) is 94.3 cm³/mol. The van der Waals surface area contributed by atoms with Crippen molar-refractivity contribution in [1.29, 1.82) is 0 Å². The molecule has 8 heteroatoms. The number of nitrogens with one attached hydrogen (secondary N) is 1. The van der Waals surface area contributed by atoms with Crippen LogP contribution < -0.4 is 5.32 Å². The maximum Gasteiger partial charge on any atom is 0.251 e. The SMILES string of the molecule is COCC(=O)N1CCC2(CC1)O[C@H](C(=O)NCC(C)C)Cn1ccnc12. The summed E-state index contributed by atoms with van der Waals surface area (Å²) in [5, 5.41) is 2.96. The molecule has 26 heavy (non-hydrogen) atoms. The molecule has 3 heterocycles. The monoisotopic (exact) mass is 364 g/mol. The van der Waals surface area contributed by atoms with Crippen molar-refractivity contribution in [3.63, 3.8) is 0 Å². The van der Waals surface area contributed by atoms with Gasteiger partial charge in [0.2, 0.25) is 5.91 Å². The van der Waals surface area contributed by atoms with Gasteiger partial charge in [0.25, 0.3) is 5.91 Å². The summed E-state index contributed by atoms with van der Waals surface area (Å²) in [5.41, 5.74) is -0.620. The molecule has 0 radical (unpaired) electrons. The number of hydrogen-bond acceptors (Lipinski definition) is 5. The lowest BCUT2D eigenvalue weighted by atomic mass is 9.88. The highest BCUT2D eigenvalue weighted by atomic mass is 16.5. The van der Waals surface area contributed by atoms with Crippen LogP contribution in [0.4, 0.5) is 0 Å². The van der Waals surface area contributed by atoms with Crippen LogP contribution in [0.2, 0.25) is 0 Å². The minimum absolute atomic E-state index is 0.0206. The molecule has 2 aliphatic heterocycles. The number of ether oxygens (including phenoxy) is 2. The van der Waals surface area contributed by atoms with Gasteiger partial charge in [-0.3, -0.25) is 9.59 Å². The average Bonchev–Trinajstić information content (AvgIpc) is 3.10. The Kier molecular flexibility index (Phi) is 5.62. The minimum Gasteiger partial charge on any atom is -0.375 e. The van der Waals surface area contributed by atoms with Gasteiger partial charge in [0.15, 0.2) is 6.10 Å². The van der Waals surface area contributed by atoms with Gasteiger partial charge in [-0.1, -0.05) is 13.8 Å². The first kappa shape index (κ1) is 18.8. The molecule has 144 valence electrons. The van der Waals surface area contributed by atoms with E-state index in [-0.39, 0.29) is 18.4 Å². The van der Waals surface area contributed by atoms with E-state index in [9.17, 15) is 9.59 Å². The van der Waals surface area contributed by atoms with Crippen LogP contribution in [0.1, 0.15) is 32.5 Å². The van der Waals surface area contributed by atoms with Gasteiger partial charge in [-0.05, 0) is 5.92 Å². The second kappa shape index (κ2) is 7.75. The highest BCUT2D eigenvalue weighted by Crippen LogP contribution is 2.40. The number of piperidine rings is 1. The maximum absolute atomic E-state index is 12.6. The Balaban J connectivity index is 1.73. The summed E-state index contributed by atoms with van der Waals surface area (Å²) in [4.78, 5) is 30.9. The summed E-state index contributed by atoms with van der Waals surface area (Å²) >= 11 is 0. The fourth-order valence-electron chi connectivity index (χ4n) is 3.63. The van der Waals surface area contributed by atoms with E-state index in [1.807, 2.05) is 10.8 Å². The van der Waals surface area contributed by atoms with Crippen LogP contribution >= 0.6 is 0 Å². The molecule has 8 nitrogen and oxygen atoms in total. The summed E-state index contributed by atoms with van der Waals surface area (Å²) in [6.07, 6.45) is 4.33. The molecule has 0 aromatic carbocycles. The van der Waals surface area contributed by atoms with Gasteiger partial charge in [-0.25, -0.2) is 4.98 Å². The highest BCUT2D eigenvalue weighted by molar-refractivity contribution is 5.81. The van der Waals surface area contributed by atoms with E-state index in [0.29, 0.717) is 44.9 Å². The number of fused-ring (bicyclic) bond motifs is 2. The molecule has 2 aliphatic rings. The van der Waals surface area contributed by atoms with E-state index in [1.165, 1.54) is 7.11 Å². The second-order valence-electron chi connectivity index (χ2n) is 7.46. The minimum atomic E-state index is -0.620. The Bertz CT molecular complexity index is 649. The van der Waals surface area contributed by atoms with Gasteiger partial charge in [0.1, 0.15) is 18.0 Å². The van der Waals surface area contributed by atoms with Gasteiger partial charge >= 0.3 is 0 Å². The first-order valence-corrected chi connectivity index (χ1v) is 9.19. The lowest BCUT2D eigenvalue weighted by Gasteiger charge is -2.45. The lowest BCUT2D eigenvalue weighted by Crippen LogP contribution is -2.55. The molecule has 1 spiro atoms. The molecule has 1 aromatic rings. The maximum atomic E-state index is 12.6. The van der Waals surface area contributed by atoms with Gasteiger partial charge in [0, 0.05) is 52.0 Å². The number of amides is 2. The van der Waals surface area contributed by atoms with Crippen molar-refractivity contribution >= 4 is 11.8 Å². The van der Waals surface area contributed by atoms with E-state index < -0.39 is 11.7 Å². The summed E-state index contributed by atoms with van der Waals surface area (Å²) < 4.78 is 13.3. The quantitative estimate of drug-likeness (QED) is 0.823. The smallest absolute Gasteiger partial charge is 0.251 e. The van der Waals surface area contributed by atoms with Crippen LogP contribution in [0, 0.1) is 5.92 Å². The van der Waals surface area contributed by atoms with Crippen LogP contribution in [0.3, 0.4) is 0 Å². The topological polar surface area (TPSA) is 85.7 Å². The van der Waals surface area contributed by atoms with E-state index >= 15 is 0 Å². The zero-order chi connectivity index (χ0) is 18.7. The first-order chi connectivity index (χ1) is 12.4. The van der Waals surface area contributed by atoms with Crippen LogP contribution in [0.5, 0.6) is 0 Å². The number of carbonyl (C=O) groups excluding carboxylic acids is 2.